The maximum Gasteiger partial charge on any atom is 0.240 e. The molecule has 6 heteroatoms. The van der Waals surface area contributed by atoms with Crippen LogP contribution < -0.4 is 4.72 Å². The third-order valence-corrected chi connectivity index (χ3v) is 6.49. The molecule has 20 heavy (non-hydrogen) atoms. The van der Waals surface area contributed by atoms with Crippen LogP contribution in [0.15, 0.2) is 23.1 Å². The molecule has 0 radical (unpaired) electrons. The molecular formula is C14H21NO3S2. The summed E-state index contributed by atoms with van der Waals surface area (Å²) in [6, 6.07) is 5.36. The van der Waals surface area contributed by atoms with Gasteiger partial charge in [0.25, 0.3) is 0 Å². The van der Waals surface area contributed by atoms with Gasteiger partial charge in [0, 0.05) is 19.4 Å². The number of aryl methyl sites for hydroxylation is 2. The Hall–Kier alpha value is -0.560. The third kappa shape index (κ3) is 3.36. The van der Waals surface area contributed by atoms with E-state index in [-0.39, 0.29) is 5.60 Å². The maximum absolute atomic E-state index is 12.4. The normalized spacial score (nSPS) is 23.1. The molecule has 1 N–H and O–H groups in total. The molecule has 0 aromatic heterocycles. The first-order chi connectivity index (χ1) is 9.38. The Morgan fingerprint density at radius 1 is 1.40 bits per heavy atom. The van der Waals surface area contributed by atoms with Crippen molar-refractivity contribution >= 4 is 21.8 Å². The van der Waals surface area contributed by atoms with Gasteiger partial charge in [0.15, 0.2) is 0 Å². The summed E-state index contributed by atoms with van der Waals surface area (Å²) in [6.45, 7) is 4.09. The molecule has 1 atom stereocenters. The van der Waals surface area contributed by atoms with Crippen molar-refractivity contribution in [3.05, 3.63) is 29.3 Å². The molecule has 0 amide bonds. The number of thioether (sulfide) groups is 1. The predicted molar refractivity (Wildman–Crippen MR) is 82.8 cm³/mol. The fraction of sp³-hybridized carbons (Fsp3) is 0.571. The molecule has 4 nitrogen and oxygen atoms in total. The topological polar surface area (TPSA) is 55.4 Å². The number of ether oxygens (including phenoxy) is 1. The summed E-state index contributed by atoms with van der Waals surface area (Å²) >= 11 is 1.80. The van der Waals surface area contributed by atoms with Crippen LogP contribution in [0.4, 0.5) is 0 Å². The van der Waals surface area contributed by atoms with Crippen LogP contribution in [0.25, 0.3) is 0 Å². The minimum absolute atomic E-state index is 0.326. The first-order valence-corrected chi connectivity index (χ1v) is 9.22. The maximum atomic E-state index is 12.4. The number of hydrogen-bond donors (Lipinski definition) is 1. The van der Waals surface area contributed by atoms with Crippen molar-refractivity contribution < 1.29 is 13.2 Å². The molecule has 1 heterocycles. The zero-order chi connectivity index (χ0) is 14.8. The van der Waals surface area contributed by atoms with Crippen molar-refractivity contribution in [1.82, 2.24) is 4.72 Å². The predicted octanol–water partition coefficient (Wildman–Crippen LogP) is 2.10. The van der Waals surface area contributed by atoms with Gasteiger partial charge in [-0.05, 0) is 37.7 Å². The van der Waals surface area contributed by atoms with E-state index in [1.807, 2.05) is 26.0 Å². The van der Waals surface area contributed by atoms with Crippen LogP contribution in [0.3, 0.4) is 0 Å². The van der Waals surface area contributed by atoms with Crippen molar-refractivity contribution in [2.24, 2.45) is 0 Å². The van der Waals surface area contributed by atoms with Gasteiger partial charge in [-0.2, -0.15) is 11.8 Å². The SMILES string of the molecule is COC1(CNS(=O)(=O)c2ccc(C)cc2C)CCSC1. The van der Waals surface area contributed by atoms with E-state index in [0.29, 0.717) is 11.4 Å². The highest BCUT2D eigenvalue weighted by atomic mass is 32.2. The molecule has 1 aliphatic heterocycles. The summed E-state index contributed by atoms with van der Waals surface area (Å²) in [4.78, 5) is 0.347. The quantitative estimate of drug-likeness (QED) is 0.904. The van der Waals surface area contributed by atoms with Crippen LogP contribution >= 0.6 is 11.8 Å². The second kappa shape index (κ2) is 6.05. The number of rotatable bonds is 5. The average Bonchev–Trinajstić information content (AvgIpc) is 2.85. The van der Waals surface area contributed by atoms with Crippen LogP contribution in [0.2, 0.25) is 0 Å². The summed E-state index contributed by atoms with van der Waals surface area (Å²) < 4.78 is 33.0. The lowest BCUT2D eigenvalue weighted by atomic mass is 10.0. The standard InChI is InChI=1S/C14H21NO3S2/c1-11-4-5-13(12(2)8-11)20(16,17)15-9-14(18-3)6-7-19-10-14/h4-5,8,15H,6-7,9-10H2,1-3H3. The zero-order valence-corrected chi connectivity index (χ0v) is 13.7. The summed E-state index contributed by atoms with van der Waals surface area (Å²) in [5, 5.41) is 0. The minimum atomic E-state index is -3.48. The number of nitrogens with one attached hydrogen (secondary N) is 1. The Morgan fingerprint density at radius 3 is 2.70 bits per heavy atom. The number of sulfonamides is 1. The lowest BCUT2D eigenvalue weighted by molar-refractivity contribution is 0.0179. The van der Waals surface area contributed by atoms with Gasteiger partial charge in [-0.1, -0.05) is 17.7 Å². The van der Waals surface area contributed by atoms with Crippen LogP contribution in [-0.2, 0) is 14.8 Å². The molecule has 0 spiro atoms. The van der Waals surface area contributed by atoms with E-state index >= 15 is 0 Å². The smallest absolute Gasteiger partial charge is 0.240 e. The molecule has 0 saturated carbocycles. The van der Waals surface area contributed by atoms with Crippen LogP contribution in [0.1, 0.15) is 17.5 Å². The Bertz CT molecular complexity index is 578. The van der Waals surface area contributed by atoms with E-state index in [4.69, 9.17) is 4.74 Å². The van der Waals surface area contributed by atoms with E-state index in [0.717, 1.165) is 29.1 Å². The van der Waals surface area contributed by atoms with Gasteiger partial charge in [-0.25, -0.2) is 13.1 Å². The molecule has 1 saturated heterocycles. The Morgan fingerprint density at radius 2 is 2.15 bits per heavy atom. The van der Waals surface area contributed by atoms with Gasteiger partial charge in [-0.15, -0.1) is 0 Å². The Balaban J connectivity index is 2.15. The van der Waals surface area contributed by atoms with Gasteiger partial charge < -0.3 is 4.74 Å². The molecule has 1 aliphatic rings. The summed E-state index contributed by atoms with van der Waals surface area (Å²) in [5.74, 6) is 1.85. The average molecular weight is 315 g/mol. The summed E-state index contributed by atoms with van der Waals surface area (Å²) in [5.41, 5.74) is 1.46. The highest BCUT2D eigenvalue weighted by Crippen LogP contribution is 2.30. The summed E-state index contributed by atoms with van der Waals surface area (Å²) in [6.07, 6.45) is 0.879. The molecule has 0 aliphatic carbocycles. The number of hydrogen-bond acceptors (Lipinski definition) is 4. The molecule has 1 unspecified atom stereocenters. The third-order valence-electron chi connectivity index (χ3n) is 3.70. The molecular weight excluding hydrogens is 294 g/mol. The molecule has 2 rings (SSSR count). The van der Waals surface area contributed by atoms with Gasteiger partial charge in [-0.3, -0.25) is 0 Å². The second-order valence-corrected chi connectivity index (χ2v) is 8.12. The second-order valence-electron chi connectivity index (χ2n) is 5.28. The largest absolute Gasteiger partial charge is 0.376 e. The van der Waals surface area contributed by atoms with Crippen LogP contribution in [0.5, 0.6) is 0 Å². The number of methoxy groups -OCH3 is 1. The van der Waals surface area contributed by atoms with Gasteiger partial charge in [0.2, 0.25) is 10.0 Å². The van der Waals surface area contributed by atoms with Crippen molar-refractivity contribution in [2.75, 3.05) is 25.2 Å². The fourth-order valence-corrected chi connectivity index (χ4v) is 5.10. The highest BCUT2D eigenvalue weighted by molar-refractivity contribution is 7.99. The van der Waals surface area contributed by atoms with E-state index in [9.17, 15) is 8.42 Å². The minimum Gasteiger partial charge on any atom is -0.376 e. The zero-order valence-electron chi connectivity index (χ0n) is 12.1. The lowest BCUT2D eigenvalue weighted by Gasteiger charge is -2.26. The lowest BCUT2D eigenvalue weighted by Crippen LogP contribution is -2.44. The van der Waals surface area contributed by atoms with E-state index in [1.165, 1.54) is 0 Å². The van der Waals surface area contributed by atoms with Gasteiger partial charge >= 0.3 is 0 Å². The van der Waals surface area contributed by atoms with E-state index in [1.54, 1.807) is 24.9 Å². The van der Waals surface area contributed by atoms with E-state index < -0.39 is 10.0 Å². The number of benzene rings is 1. The fourth-order valence-electron chi connectivity index (χ4n) is 2.37. The highest BCUT2D eigenvalue weighted by Gasteiger charge is 2.35. The Labute approximate surface area is 125 Å². The van der Waals surface area contributed by atoms with Crippen molar-refractivity contribution in [3.63, 3.8) is 0 Å². The van der Waals surface area contributed by atoms with Crippen molar-refractivity contribution in [3.8, 4) is 0 Å². The van der Waals surface area contributed by atoms with Crippen molar-refractivity contribution in [1.29, 1.82) is 0 Å². The molecule has 1 aromatic carbocycles. The monoisotopic (exact) mass is 315 g/mol. The van der Waals surface area contributed by atoms with E-state index in [2.05, 4.69) is 4.72 Å². The van der Waals surface area contributed by atoms with Gasteiger partial charge in [0.1, 0.15) is 0 Å². The molecule has 1 fully saturated rings. The first kappa shape index (κ1) is 15.8. The van der Waals surface area contributed by atoms with Crippen molar-refractivity contribution in [2.45, 2.75) is 30.8 Å². The summed E-state index contributed by atoms with van der Waals surface area (Å²) in [7, 11) is -1.83. The first-order valence-electron chi connectivity index (χ1n) is 6.58. The Kier molecular flexibility index (Phi) is 4.79. The molecule has 1 aromatic rings. The van der Waals surface area contributed by atoms with Crippen LogP contribution in [-0.4, -0.2) is 39.2 Å². The van der Waals surface area contributed by atoms with Gasteiger partial charge in [0.05, 0.1) is 10.5 Å². The van der Waals surface area contributed by atoms with Crippen LogP contribution in [0, 0.1) is 13.8 Å². The molecule has 0 bridgehead atoms. The molecule has 112 valence electrons.